The third kappa shape index (κ3) is 15.5. The summed E-state index contributed by atoms with van der Waals surface area (Å²) in [5.74, 6) is 4.25. The monoisotopic (exact) mass is 801 g/mol. The molecule has 9 heteroatoms. The second-order valence-corrected chi connectivity index (χ2v) is 12.0. The molecule has 0 saturated heterocycles. The van der Waals surface area contributed by atoms with Crippen molar-refractivity contribution in [3.05, 3.63) is 218 Å². The maximum atomic E-state index is 5.84. The van der Waals surface area contributed by atoms with Crippen LogP contribution in [0, 0.1) is 0 Å². The van der Waals surface area contributed by atoms with E-state index < -0.39 is 17.2 Å². The van der Waals surface area contributed by atoms with E-state index in [1.807, 2.05) is 218 Å². The van der Waals surface area contributed by atoms with Gasteiger partial charge in [-0.05, 0) is 72.8 Å². The summed E-state index contributed by atoms with van der Waals surface area (Å²) in [5.41, 5.74) is 0. The van der Waals surface area contributed by atoms with E-state index in [0.717, 1.165) is 0 Å². The zero-order valence-corrected chi connectivity index (χ0v) is 30.9. The average molecular weight is 802 g/mol. The molecule has 0 unspecified atom stereocenters. The van der Waals surface area contributed by atoms with Crippen LogP contribution in [0.4, 0.5) is 0 Å². The molecule has 0 aliphatic rings. The standard InChI is InChI=1S/2C18H15O3P.C6H6.Rh/c2*1-4-10-16(11-5-1)19-22(20-17-12-6-2-7-13-17)21-18-14-8-3-9-15-18;1-2-4-6-5-3-1;/h2*1-15H;1-6H;. The van der Waals surface area contributed by atoms with Gasteiger partial charge in [-0.25, -0.2) is 0 Å². The number of hydrogen-bond acceptors (Lipinski definition) is 6. The quantitative estimate of drug-likeness (QED) is 0.0906. The van der Waals surface area contributed by atoms with Crippen molar-refractivity contribution in [1.29, 1.82) is 0 Å². The molecule has 0 amide bonds. The van der Waals surface area contributed by atoms with Gasteiger partial charge >= 0.3 is 17.2 Å². The van der Waals surface area contributed by atoms with Gasteiger partial charge in [0, 0.05) is 19.5 Å². The molecule has 7 aromatic carbocycles. The molecule has 259 valence electrons. The van der Waals surface area contributed by atoms with Crippen LogP contribution in [0.5, 0.6) is 34.5 Å². The molecule has 6 nitrogen and oxygen atoms in total. The van der Waals surface area contributed by atoms with Crippen LogP contribution >= 0.6 is 17.2 Å². The average Bonchev–Trinajstić information content (AvgIpc) is 3.18. The normalized spacial score (nSPS) is 9.76. The summed E-state index contributed by atoms with van der Waals surface area (Å²) < 4.78 is 35.1. The summed E-state index contributed by atoms with van der Waals surface area (Å²) in [6.07, 6.45) is 0. The van der Waals surface area contributed by atoms with Gasteiger partial charge in [-0.1, -0.05) is 146 Å². The van der Waals surface area contributed by atoms with Crippen molar-refractivity contribution in [2.45, 2.75) is 0 Å². The SMILES string of the molecule is [Rh].c1ccc(OP(Oc2ccccc2)Oc2ccccc2)cc1.c1ccc(OP(Oc2ccccc2)Oc2ccccc2)cc1.c1ccccc1. The van der Waals surface area contributed by atoms with E-state index in [1.54, 1.807) is 0 Å². The molecule has 0 aliphatic carbocycles. The smallest absolute Gasteiger partial charge is 0.409 e. The summed E-state index contributed by atoms with van der Waals surface area (Å²) in [6.45, 7) is 0. The molecule has 7 aromatic rings. The maximum Gasteiger partial charge on any atom is 0.530 e. The predicted octanol–water partition coefficient (Wildman–Crippen LogP) is 12.6. The van der Waals surface area contributed by atoms with Crippen molar-refractivity contribution < 1.29 is 46.6 Å². The third-order valence-electron chi connectivity index (χ3n) is 6.21. The van der Waals surface area contributed by atoms with Crippen molar-refractivity contribution in [2.75, 3.05) is 0 Å². The summed E-state index contributed by atoms with van der Waals surface area (Å²) >= 11 is 0. The van der Waals surface area contributed by atoms with Gasteiger partial charge in [0.25, 0.3) is 0 Å². The van der Waals surface area contributed by atoms with E-state index in [0.29, 0.717) is 34.5 Å². The van der Waals surface area contributed by atoms with E-state index >= 15 is 0 Å². The van der Waals surface area contributed by atoms with Crippen LogP contribution in [0.1, 0.15) is 0 Å². The predicted molar refractivity (Wildman–Crippen MR) is 203 cm³/mol. The molecule has 1 radical (unpaired) electrons. The van der Waals surface area contributed by atoms with Crippen LogP contribution in [0.25, 0.3) is 0 Å². The Bertz CT molecular complexity index is 1500. The Labute approximate surface area is 315 Å². The molecule has 0 N–H and O–H groups in total. The zero-order valence-electron chi connectivity index (χ0n) is 27.5. The van der Waals surface area contributed by atoms with E-state index in [9.17, 15) is 0 Å². The molecule has 0 bridgehead atoms. The molecular formula is C42H36O6P2Rh. The molecule has 0 saturated carbocycles. The minimum Gasteiger partial charge on any atom is -0.409 e. The van der Waals surface area contributed by atoms with Gasteiger partial charge in [-0.15, -0.1) is 0 Å². The van der Waals surface area contributed by atoms with Crippen molar-refractivity contribution >= 4 is 17.2 Å². The summed E-state index contributed by atoms with van der Waals surface area (Å²) in [7, 11) is -3.18. The number of benzene rings is 7. The second kappa shape index (κ2) is 23.3. The topological polar surface area (TPSA) is 55.4 Å². The van der Waals surface area contributed by atoms with E-state index in [4.69, 9.17) is 27.1 Å². The molecule has 51 heavy (non-hydrogen) atoms. The largest absolute Gasteiger partial charge is 0.530 e. The van der Waals surface area contributed by atoms with Crippen molar-refractivity contribution in [3.63, 3.8) is 0 Å². The third-order valence-corrected chi connectivity index (χ3v) is 8.36. The van der Waals surface area contributed by atoms with Gasteiger partial charge in [-0.3, -0.25) is 0 Å². The Morgan fingerprint density at radius 1 is 0.196 bits per heavy atom. The molecule has 0 atom stereocenters. The van der Waals surface area contributed by atoms with Crippen molar-refractivity contribution in [2.24, 2.45) is 0 Å². The first-order valence-corrected chi connectivity index (χ1v) is 18.0. The summed E-state index contributed by atoms with van der Waals surface area (Å²) in [6, 6.07) is 69.0. The van der Waals surface area contributed by atoms with E-state index in [-0.39, 0.29) is 19.5 Å². The van der Waals surface area contributed by atoms with Gasteiger partial charge in [0.1, 0.15) is 34.5 Å². The van der Waals surface area contributed by atoms with Crippen LogP contribution in [0.3, 0.4) is 0 Å². The molecule has 0 aliphatic heterocycles. The Morgan fingerprint density at radius 3 is 0.451 bits per heavy atom. The van der Waals surface area contributed by atoms with Gasteiger partial charge in [-0.2, -0.15) is 0 Å². The molecular weight excluding hydrogens is 765 g/mol. The molecule has 0 heterocycles. The van der Waals surface area contributed by atoms with Crippen LogP contribution in [0.15, 0.2) is 218 Å². The minimum absolute atomic E-state index is 0. The number of hydrogen-bond donors (Lipinski definition) is 0. The van der Waals surface area contributed by atoms with Gasteiger partial charge < -0.3 is 27.1 Å². The van der Waals surface area contributed by atoms with E-state index in [2.05, 4.69) is 0 Å². The first kappa shape index (κ1) is 38.6. The maximum absolute atomic E-state index is 5.84. The Balaban J connectivity index is 0.000000193. The van der Waals surface area contributed by atoms with Crippen LogP contribution in [-0.4, -0.2) is 0 Å². The number of rotatable bonds is 12. The molecule has 0 spiro atoms. The van der Waals surface area contributed by atoms with Gasteiger partial charge in [0.2, 0.25) is 0 Å². The fraction of sp³-hybridized carbons (Fsp3) is 0. The van der Waals surface area contributed by atoms with Crippen molar-refractivity contribution in [1.82, 2.24) is 0 Å². The minimum atomic E-state index is -1.59. The molecule has 0 aromatic heterocycles. The zero-order chi connectivity index (χ0) is 34.3. The Morgan fingerprint density at radius 2 is 0.314 bits per heavy atom. The van der Waals surface area contributed by atoms with Gasteiger partial charge in [0.05, 0.1) is 0 Å². The summed E-state index contributed by atoms with van der Waals surface area (Å²) in [5, 5.41) is 0. The Hall–Kier alpha value is -5.18. The first-order valence-electron chi connectivity index (χ1n) is 15.8. The molecule has 7 rings (SSSR count). The van der Waals surface area contributed by atoms with Crippen LogP contribution in [-0.2, 0) is 19.5 Å². The Kier molecular flexibility index (Phi) is 17.6. The van der Waals surface area contributed by atoms with Gasteiger partial charge in [0.15, 0.2) is 0 Å². The van der Waals surface area contributed by atoms with Crippen LogP contribution < -0.4 is 27.1 Å². The van der Waals surface area contributed by atoms with E-state index in [1.165, 1.54) is 0 Å². The number of para-hydroxylation sites is 6. The first-order chi connectivity index (χ1) is 24.8. The summed E-state index contributed by atoms with van der Waals surface area (Å²) in [4.78, 5) is 0. The second-order valence-electron chi connectivity index (χ2n) is 10.0. The van der Waals surface area contributed by atoms with Crippen LogP contribution in [0.2, 0.25) is 0 Å². The fourth-order valence-corrected chi connectivity index (χ4v) is 5.89. The van der Waals surface area contributed by atoms with Crippen molar-refractivity contribution in [3.8, 4) is 34.5 Å². The fourth-order valence-electron chi connectivity index (χ4n) is 3.90. The molecule has 0 fully saturated rings.